The van der Waals surface area contributed by atoms with Crippen LogP contribution in [0.5, 0.6) is 11.6 Å². The van der Waals surface area contributed by atoms with Gasteiger partial charge in [0, 0.05) is 6.20 Å². The zero-order valence-electron chi connectivity index (χ0n) is 26.8. The molecule has 240 valence electrons. The van der Waals surface area contributed by atoms with Gasteiger partial charge in [-0.2, -0.15) is 5.10 Å². The summed E-state index contributed by atoms with van der Waals surface area (Å²) in [5.41, 5.74) is 3.74. The number of hydrogen-bond acceptors (Lipinski definition) is 8. The Hall–Kier alpha value is -4.18. The summed E-state index contributed by atoms with van der Waals surface area (Å²) in [5, 5.41) is 23.9. The second-order valence-electron chi connectivity index (χ2n) is 11.9. The molecule has 1 fully saturated rings. The first-order valence-electron chi connectivity index (χ1n) is 16.1. The summed E-state index contributed by atoms with van der Waals surface area (Å²) in [6.07, 6.45) is 7.75. The number of nitrogens with zero attached hydrogens (tertiary/aromatic N) is 5. The Morgan fingerprint density at radius 1 is 0.978 bits per heavy atom. The van der Waals surface area contributed by atoms with Crippen molar-refractivity contribution >= 4 is 5.97 Å². The van der Waals surface area contributed by atoms with Crippen LogP contribution in [0.3, 0.4) is 0 Å². The van der Waals surface area contributed by atoms with Gasteiger partial charge in [0.05, 0.1) is 38.1 Å². The van der Waals surface area contributed by atoms with Gasteiger partial charge in [0.1, 0.15) is 11.9 Å². The van der Waals surface area contributed by atoms with Gasteiger partial charge in [0.25, 0.3) is 0 Å². The zero-order chi connectivity index (χ0) is 31.8. The molecule has 2 heterocycles. The number of carbonyl (C=O) groups is 1. The lowest BCUT2D eigenvalue weighted by Gasteiger charge is -2.29. The van der Waals surface area contributed by atoms with Gasteiger partial charge in [0.15, 0.2) is 0 Å². The van der Waals surface area contributed by atoms with Gasteiger partial charge in [0.2, 0.25) is 11.6 Å². The summed E-state index contributed by atoms with van der Waals surface area (Å²) >= 11 is 0. The average Bonchev–Trinajstić information content (AvgIpc) is 3.69. The molecule has 2 aromatic carbocycles. The number of methoxy groups -OCH3 is 1. The maximum Gasteiger partial charge on any atom is 0.364 e. The van der Waals surface area contributed by atoms with Crippen LogP contribution >= 0.6 is 0 Å². The smallest absolute Gasteiger partial charge is 0.364 e. The predicted molar refractivity (Wildman–Crippen MR) is 172 cm³/mol. The molecule has 0 saturated heterocycles. The molecule has 1 N–H and O–H groups in total. The molecule has 10 nitrogen and oxygen atoms in total. The summed E-state index contributed by atoms with van der Waals surface area (Å²) in [6, 6.07) is 18.4. The van der Waals surface area contributed by atoms with E-state index >= 15 is 0 Å². The van der Waals surface area contributed by atoms with Crippen molar-refractivity contribution in [2.45, 2.75) is 96.4 Å². The molecule has 0 bridgehead atoms. The fourth-order valence-corrected chi connectivity index (χ4v) is 6.17. The lowest BCUT2D eigenvalue weighted by molar-refractivity contribution is 0.00713. The number of esters is 1. The van der Waals surface area contributed by atoms with Gasteiger partial charge in [-0.25, -0.2) is 9.48 Å². The summed E-state index contributed by atoms with van der Waals surface area (Å²) in [7, 11) is 1.63. The number of aromatic nitrogens is 5. The van der Waals surface area contributed by atoms with Crippen LogP contribution in [0.25, 0.3) is 11.3 Å². The van der Waals surface area contributed by atoms with Crippen molar-refractivity contribution in [2.75, 3.05) is 13.7 Å². The third-order valence-corrected chi connectivity index (χ3v) is 8.81. The van der Waals surface area contributed by atoms with Gasteiger partial charge in [-0.15, -0.1) is 5.10 Å². The molecule has 10 heteroatoms. The quantitative estimate of drug-likeness (QED) is 0.162. The number of carbonyl (C=O) groups excluding carboxylic acids is 1. The van der Waals surface area contributed by atoms with Crippen molar-refractivity contribution in [3.63, 3.8) is 0 Å². The summed E-state index contributed by atoms with van der Waals surface area (Å²) < 4.78 is 20.5. The number of rotatable bonds is 14. The Balaban J connectivity index is 1.24. The van der Waals surface area contributed by atoms with Gasteiger partial charge >= 0.3 is 5.97 Å². The van der Waals surface area contributed by atoms with Crippen molar-refractivity contribution in [2.24, 2.45) is 0 Å². The van der Waals surface area contributed by atoms with E-state index in [1.165, 1.54) is 5.56 Å². The molecule has 2 aromatic heterocycles. The Morgan fingerprint density at radius 3 is 2.36 bits per heavy atom. The first-order valence-corrected chi connectivity index (χ1v) is 16.1. The lowest BCUT2D eigenvalue weighted by atomic mass is 9.82. The topological polar surface area (TPSA) is 114 Å². The van der Waals surface area contributed by atoms with Crippen LogP contribution in [0.15, 0.2) is 60.8 Å². The number of ether oxygens (including phenoxy) is 3. The molecule has 0 amide bonds. The highest BCUT2D eigenvalue weighted by atomic mass is 16.5. The monoisotopic (exact) mass is 615 g/mol. The molecule has 0 radical (unpaired) electrons. The second kappa shape index (κ2) is 14.7. The molecular formula is C35H45N5O5. The first-order chi connectivity index (χ1) is 21.9. The van der Waals surface area contributed by atoms with E-state index in [4.69, 9.17) is 14.2 Å². The van der Waals surface area contributed by atoms with E-state index in [2.05, 4.69) is 46.6 Å². The van der Waals surface area contributed by atoms with Crippen molar-refractivity contribution in [3.8, 4) is 22.9 Å². The molecule has 1 aliphatic carbocycles. The maximum absolute atomic E-state index is 12.7. The van der Waals surface area contributed by atoms with E-state index < -0.39 is 11.6 Å². The highest BCUT2D eigenvalue weighted by molar-refractivity contribution is 5.89. The number of benzene rings is 2. The normalized spacial score (nSPS) is 17.9. The molecule has 1 aliphatic rings. The third-order valence-electron chi connectivity index (χ3n) is 8.81. The van der Waals surface area contributed by atoms with E-state index in [1.807, 2.05) is 41.9 Å². The van der Waals surface area contributed by atoms with Crippen LogP contribution in [0, 0.1) is 0 Å². The van der Waals surface area contributed by atoms with Crippen LogP contribution in [-0.2, 0) is 17.8 Å². The van der Waals surface area contributed by atoms with Crippen molar-refractivity contribution in [3.05, 3.63) is 77.6 Å². The molecule has 0 aliphatic heterocycles. The standard InChI is InChI=1S/C35H45N5O5/c1-5-21-35(42,6-2)24-40-31(20-22-36-40)28-12-10-26(11-13-28)27-14-18-30(19-15-27)45-33-32(34(41)44-7-3)37-38-39(33)23-25-8-16-29(43-4)17-9-25/h8-13,16-17,20,22,27,30,42H,5-7,14-15,18-19,21,23-24H2,1-4H3. The fourth-order valence-electron chi connectivity index (χ4n) is 6.17. The van der Waals surface area contributed by atoms with Crippen LogP contribution < -0.4 is 9.47 Å². The number of hydrogen-bond donors (Lipinski definition) is 1. The first kappa shape index (κ1) is 32.2. The minimum absolute atomic E-state index is 0.0587. The fraction of sp³-hybridized carbons (Fsp3) is 0.486. The van der Waals surface area contributed by atoms with Gasteiger partial charge < -0.3 is 19.3 Å². The van der Waals surface area contributed by atoms with E-state index in [-0.39, 0.29) is 18.4 Å². The summed E-state index contributed by atoms with van der Waals surface area (Å²) in [4.78, 5) is 12.7. The van der Waals surface area contributed by atoms with Crippen molar-refractivity contribution < 1.29 is 24.1 Å². The molecule has 1 atom stereocenters. The van der Waals surface area contributed by atoms with Crippen molar-refractivity contribution in [1.82, 2.24) is 24.8 Å². The van der Waals surface area contributed by atoms with Crippen LogP contribution in [-0.4, -0.2) is 61.3 Å². The van der Waals surface area contributed by atoms with Crippen LogP contribution in [0.1, 0.15) is 93.3 Å². The lowest BCUT2D eigenvalue weighted by Crippen LogP contribution is -2.34. The Morgan fingerprint density at radius 2 is 1.71 bits per heavy atom. The molecule has 45 heavy (non-hydrogen) atoms. The summed E-state index contributed by atoms with van der Waals surface area (Å²) in [6.45, 7) is 7.03. The summed E-state index contributed by atoms with van der Waals surface area (Å²) in [5.74, 6) is 1.01. The molecule has 1 saturated carbocycles. The maximum atomic E-state index is 12.7. The largest absolute Gasteiger partial charge is 0.497 e. The average molecular weight is 616 g/mol. The molecule has 0 spiro atoms. The molecule has 5 rings (SSSR count). The Bertz CT molecular complexity index is 1520. The van der Waals surface area contributed by atoms with Crippen molar-refractivity contribution in [1.29, 1.82) is 0 Å². The molecule has 1 unspecified atom stereocenters. The predicted octanol–water partition coefficient (Wildman–Crippen LogP) is 6.42. The van der Waals surface area contributed by atoms with Crippen LogP contribution in [0.4, 0.5) is 0 Å². The van der Waals surface area contributed by atoms with E-state index in [0.717, 1.165) is 61.1 Å². The van der Waals surface area contributed by atoms with E-state index in [0.29, 0.717) is 31.3 Å². The molecular weight excluding hydrogens is 570 g/mol. The Kier molecular flexibility index (Phi) is 10.5. The minimum atomic E-state index is -0.753. The van der Waals surface area contributed by atoms with E-state index in [1.54, 1.807) is 24.9 Å². The highest BCUT2D eigenvalue weighted by Crippen LogP contribution is 2.36. The SMILES string of the molecule is CCCC(O)(CC)Cn1nccc1-c1ccc(C2CCC(Oc3c(C(=O)OCC)nnn3Cc3ccc(OC)cc3)CC2)cc1. The van der Waals surface area contributed by atoms with Gasteiger partial charge in [-0.3, -0.25) is 4.68 Å². The second-order valence-corrected chi connectivity index (χ2v) is 11.9. The van der Waals surface area contributed by atoms with Crippen LogP contribution in [0.2, 0.25) is 0 Å². The number of aliphatic hydroxyl groups is 1. The zero-order valence-corrected chi connectivity index (χ0v) is 26.8. The van der Waals surface area contributed by atoms with E-state index in [9.17, 15) is 9.90 Å². The Labute approximate surface area is 265 Å². The van der Waals surface area contributed by atoms with Gasteiger partial charge in [-0.05, 0) is 86.3 Å². The minimum Gasteiger partial charge on any atom is -0.497 e. The molecule has 4 aromatic rings. The highest BCUT2D eigenvalue weighted by Gasteiger charge is 2.29. The van der Waals surface area contributed by atoms with Gasteiger partial charge in [-0.1, -0.05) is 61.9 Å². The third kappa shape index (κ3) is 7.73.